The van der Waals surface area contributed by atoms with Crippen LogP contribution in [0.1, 0.15) is 69.7 Å². The molecule has 4 aromatic carbocycles. The number of tetrazole rings is 2. The van der Waals surface area contributed by atoms with Gasteiger partial charge < -0.3 is 24.9 Å². The summed E-state index contributed by atoms with van der Waals surface area (Å²) >= 11 is 0. The summed E-state index contributed by atoms with van der Waals surface area (Å²) in [5.41, 5.74) is 7.08. The summed E-state index contributed by atoms with van der Waals surface area (Å²) in [5, 5.41) is 40.8. The van der Waals surface area contributed by atoms with Crippen molar-refractivity contribution >= 4 is 67.8 Å². The van der Waals surface area contributed by atoms with Crippen molar-refractivity contribution in [3.05, 3.63) is 162 Å². The molecule has 10 aromatic rings. The van der Waals surface area contributed by atoms with E-state index in [0.717, 1.165) is 38.4 Å². The van der Waals surface area contributed by atoms with Crippen LogP contribution >= 0.6 is 0 Å². The third kappa shape index (κ3) is 10.1. The lowest BCUT2D eigenvalue weighted by molar-refractivity contribution is -0.115. The van der Waals surface area contributed by atoms with Gasteiger partial charge in [-0.05, 0) is 64.0 Å². The number of hydrogen-bond donors (Lipinski definition) is 2. The van der Waals surface area contributed by atoms with Crippen LogP contribution in [0.25, 0.3) is 44.1 Å². The van der Waals surface area contributed by atoms with Crippen molar-refractivity contribution in [3.8, 4) is 11.3 Å². The first-order chi connectivity index (χ1) is 38.4. The van der Waals surface area contributed by atoms with Gasteiger partial charge in [-0.2, -0.15) is 14.7 Å². The maximum Gasteiger partial charge on any atom is 0.272 e. The molecule has 23 nitrogen and oxygen atoms in total. The zero-order valence-corrected chi connectivity index (χ0v) is 43.7. The number of anilines is 2. The Balaban J connectivity index is 0.805. The van der Waals surface area contributed by atoms with E-state index in [1.165, 1.54) is 18.6 Å². The smallest absolute Gasteiger partial charge is 0.272 e. The normalized spacial score (nSPS) is 16.1. The number of hydrogen-bond acceptors (Lipinski definition) is 16. The van der Waals surface area contributed by atoms with Crippen LogP contribution in [0.5, 0.6) is 0 Å². The van der Waals surface area contributed by atoms with E-state index in [0.29, 0.717) is 79.2 Å². The maximum atomic E-state index is 14.8. The summed E-state index contributed by atoms with van der Waals surface area (Å²) in [6.07, 6.45) is 3.29. The fourth-order valence-corrected chi connectivity index (χ4v) is 10.9. The first-order valence-electron chi connectivity index (χ1n) is 25.9. The topological polar surface area (TPSA) is 249 Å². The van der Waals surface area contributed by atoms with E-state index in [1.54, 1.807) is 58.1 Å². The van der Waals surface area contributed by atoms with Gasteiger partial charge in [-0.25, -0.2) is 0 Å². The van der Waals surface area contributed by atoms with Gasteiger partial charge >= 0.3 is 0 Å². The number of benzene rings is 4. The molecule has 398 valence electrons. The van der Waals surface area contributed by atoms with Crippen molar-refractivity contribution < 1.29 is 23.6 Å². The number of piperazine rings is 2. The first kappa shape index (κ1) is 50.2. The van der Waals surface area contributed by atoms with Crippen LogP contribution in [-0.4, -0.2) is 155 Å². The van der Waals surface area contributed by atoms with E-state index in [2.05, 4.69) is 45.9 Å². The number of aromatic nitrogens is 12. The molecule has 0 aliphatic carbocycles. The van der Waals surface area contributed by atoms with Crippen molar-refractivity contribution in [2.45, 2.75) is 38.5 Å². The number of pyridine rings is 2. The highest BCUT2D eigenvalue weighted by molar-refractivity contribution is 6.08. The second kappa shape index (κ2) is 21.1. The predicted molar refractivity (Wildman–Crippen MR) is 291 cm³/mol. The molecule has 79 heavy (non-hydrogen) atoms. The highest BCUT2D eigenvalue weighted by atomic mass is 16.3. The van der Waals surface area contributed by atoms with Gasteiger partial charge in [0, 0.05) is 130 Å². The van der Waals surface area contributed by atoms with E-state index in [-0.39, 0.29) is 54.1 Å². The van der Waals surface area contributed by atoms with Crippen molar-refractivity contribution in [2.75, 3.05) is 56.4 Å². The highest BCUT2D eigenvalue weighted by Crippen LogP contribution is 2.35. The van der Waals surface area contributed by atoms with Gasteiger partial charge in [-0.1, -0.05) is 60.7 Å². The monoisotopic (exact) mass is 1060 g/mol. The number of aryl methyl sites for hydroxylation is 2. The van der Waals surface area contributed by atoms with Gasteiger partial charge in [0.1, 0.15) is 28.2 Å². The van der Waals surface area contributed by atoms with Crippen LogP contribution in [-0.2, 0) is 30.2 Å². The summed E-state index contributed by atoms with van der Waals surface area (Å²) in [4.78, 5) is 72.7. The van der Waals surface area contributed by atoms with Gasteiger partial charge in [0.05, 0.1) is 31.2 Å². The number of carbonyl (C=O) groups excluding carboxylic acids is 4. The minimum Gasteiger partial charge on any atom is -0.456 e. The number of nitrogens with zero attached hydrogens (tertiary/aromatic N) is 16. The quantitative estimate of drug-likeness (QED) is 0.144. The molecule has 4 amide bonds. The van der Waals surface area contributed by atoms with Crippen LogP contribution in [0, 0.1) is 0 Å². The number of carbonyl (C=O) groups is 4. The Bertz CT molecular complexity index is 3920. The molecule has 3 atom stereocenters. The maximum absolute atomic E-state index is 14.8. The summed E-state index contributed by atoms with van der Waals surface area (Å²) in [5.74, 6) is 0.197. The molecule has 0 saturated carbocycles. The summed E-state index contributed by atoms with van der Waals surface area (Å²) in [6.45, 7) is 6.12. The molecular formula is C56H54N18O5. The Morgan fingerprint density at radius 1 is 0.620 bits per heavy atom. The molecule has 6 aromatic heterocycles. The van der Waals surface area contributed by atoms with Gasteiger partial charge in [-0.15, -0.1) is 20.4 Å². The number of fused-ring (bicyclic) bond motifs is 4. The fourth-order valence-electron chi connectivity index (χ4n) is 10.9. The van der Waals surface area contributed by atoms with Crippen molar-refractivity contribution in [1.82, 2.24) is 79.8 Å². The van der Waals surface area contributed by atoms with Crippen LogP contribution in [0.2, 0.25) is 0 Å². The zero-order valence-electron chi connectivity index (χ0n) is 43.7. The molecule has 12 rings (SSSR count). The fraction of sp³-hybridized carbons (Fsp3) is 0.268. The lowest BCUT2D eigenvalue weighted by Crippen LogP contribution is -2.57. The number of rotatable bonds is 13. The van der Waals surface area contributed by atoms with Crippen LogP contribution in [0.3, 0.4) is 0 Å². The number of furan rings is 1. The predicted octanol–water partition coefficient (Wildman–Crippen LogP) is 5.52. The molecule has 2 aliphatic heterocycles. The molecular weight excluding hydrogens is 1000 g/mol. The standard InChI is InChI=1S/C56H54N18O5/c1-34(75)59-39-16-18-43-47(28-39)68(3)63-50(43)38-19-20-57-45(27-38)56(78)72-25-26-73(52(37-13-9-6-10-14-37)54-61-66-69(4)64-54)41(32-72)33-74-65-53(62-67-74)51(36-11-7-5-8-12-36)70-21-23-71(24-22-70)55(77)46-30-49-44(31-58-46)42-17-15-40(60-35(2)76)29-48(42)79-49/h5-20,27-31,41,51-52H,21-26,32-33H2,1-4H3,(H,59,75)(H,60,76). The molecule has 0 spiro atoms. The molecule has 3 unspecified atom stereocenters. The summed E-state index contributed by atoms with van der Waals surface area (Å²) in [7, 11) is 3.58. The molecule has 2 saturated heterocycles. The molecule has 2 fully saturated rings. The minimum absolute atomic E-state index is 0.170. The molecule has 2 N–H and O–H groups in total. The SMILES string of the molecule is CC(=O)Nc1ccc2c(c1)oc1cc(C(=O)N3CCN(C(c4ccccc4)c4nnn(CC5CN(C(=O)c6cc(-c7nn(C)c8cc(NC(C)=O)ccc78)ccn6)CCN5C(c5ccccc5)c5nnn(C)n5)n4)CC3)ncc12. The lowest BCUT2D eigenvalue weighted by atomic mass is 10.00. The largest absolute Gasteiger partial charge is 0.456 e. The zero-order chi connectivity index (χ0) is 54.3. The van der Waals surface area contributed by atoms with E-state index in [1.807, 2.05) is 103 Å². The second-order valence-corrected chi connectivity index (χ2v) is 19.8. The third-order valence-electron chi connectivity index (χ3n) is 14.5. The minimum atomic E-state index is -0.429. The molecule has 0 radical (unpaired) electrons. The van der Waals surface area contributed by atoms with Crippen molar-refractivity contribution in [1.29, 1.82) is 0 Å². The average Bonchev–Trinajstić information content (AvgIpc) is 4.30. The average molecular weight is 1060 g/mol. The van der Waals surface area contributed by atoms with Gasteiger partial charge in [0.2, 0.25) is 11.8 Å². The molecule has 23 heteroatoms. The van der Waals surface area contributed by atoms with Crippen LogP contribution in [0.4, 0.5) is 11.4 Å². The van der Waals surface area contributed by atoms with E-state index in [9.17, 15) is 19.2 Å². The Morgan fingerprint density at radius 3 is 1.96 bits per heavy atom. The van der Waals surface area contributed by atoms with Crippen molar-refractivity contribution in [3.63, 3.8) is 0 Å². The summed E-state index contributed by atoms with van der Waals surface area (Å²) < 4.78 is 7.90. The molecule has 2 aliphatic rings. The van der Waals surface area contributed by atoms with Gasteiger partial charge in [0.15, 0.2) is 11.6 Å². The van der Waals surface area contributed by atoms with Gasteiger partial charge in [-0.3, -0.25) is 43.6 Å². The third-order valence-corrected chi connectivity index (χ3v) is 14.5. The van der Waals surface area contributed by atoms with Crippen LogP contribution in [0.15, 0.2) is 132 Å². The summed E-state index contributed by atoms with van der Waals surface area (Å²) in [6, 6.07) is 35.2. The number of amides is 4. The Hall–Kier alpha value is -9.61. The highest BCUT2D eigenvalue weighted by Gasteiger charge is 2.39. The van der Waals surface area contributed by atoms with Crippen molar-refractivity contribution in [2.24, 2.45) is 14.1 Å². The van der Waals surface area contributed by atoms with Gasteiger partial charge in [0.25, 0.3) is 11.8 Å². The lowest BCUT2D eigenvalue weighted by Gasteiger charge is -2.44. The van der Waals surface area contributed by atoms with E-state index < -0.39 is 12.1 Å². The van der Waals surface area contributed by atoms with E-state index in [4.69, 9.17) is 24.8 Å². The Morgan fingerprint density at radius 2 is 1.25 bits per heavy atom. The van der Waals surface area contributed by atoms with E-state index >= 15 is 0 Å². The van der Waals surface area contributed by atoms with Crippen LogP contribution < -0.4 is 10.6 Å². The first-order valence-corrected chi connectivity index (χ1v) is 25.9. The Kier molecular flexibility index (Phi) is 13.4. The molecule has 8 heterocycles. The molecule has 0 bridgehead atoms. The second-order valence-electron chi connectivity index (χ2n) is 19.8. The number of nitrogens with one attached hydrogen (secondary N) is 2. The Labute approximate surface area is 451 Å².